The van der Waals surface area contributed by atoms with Gasteiger partial charge in [-0.3, -0.25) is 0 Å². The highest BCUT2D eigenvalue weighted by atomic mass is 35.5. The van der Waals surface area contributed by atoms with Crippen molar-refractivity contribution in [1.82, 2.24) is 4.98 Å². The van der Waals surface area contributed by atoms with Crippen LogP contribution in [0.5, 0.6) is 11.5 Å². The fourth-order valence-corrected chi connectivity index (χ4v) is 2.76. The van der Waals surface area contributed by atoms with Crippen LogP contribution < -0.4 is 9.47 Å². The molecule has 0 aliphatic carbocycles. The molecule has 0 aliphatic heterocycles. The Morgan fingerprint density at radius 3 is 2.58 bits per heavy atom. The topological polar surface area (TPSA) is 68.7 Å². The molecule has 24 heavy (non-hydrogen) atoms. The standard InChI is InChI=1S/C18H14ClNO4/c1-23-10-6-7-16(24-2)13(8-10)15-9-12(18(21)22)11-4-3-5-14(19)17(11)20-15/h3-9H,1-2H3,(H,21,22). The van der Waals surface area contributed by atoms with Gasteiger partial charge < -0.3 is 14.6 Å². The van der Waals surface area contributed by atoms with Gasteiger partial charge >= 0.3 is 5.97 Å². The molecule has 0 amide bonds. The number of hydrogen-bond acceptors (Lipinski definition) is 4. The van der Waals surface area contributed by atoms with E-state index in [-0.39, 0.29) is 5.56 Å². The molecule has 0 radical (unpaired) electrons. The lowest BCUT2D eigenvalue weighted by molar-refractivity contribution is 0.0699. The van der Waals surface area contributed by atoms with Crippen LogP contribution in [0.3, 0.4) is 0 Å². The number of hydrogen-bond donors (Lipinski definition) is 1. The molecule has 0 saturated heterocycles. The van der Waals surface area contributed by atoms with E-state index in [2.05, 4.69) is 4.98 Å². The Hall–Kier alpha value is -2.79. The van der Waals surface area contributed by atoms with Crippen LogP contribution in [-0.4, -0.2) is 30.3 Å². The number of methoxy groups -OCH3 is 2. The van der Waals surface area contributed by atoms with Crippen LogP contribution in [0, 0.1) is 0 Å². The second-order valence-corrected chi connectivity index (χ2v) is 5.47. The second kappa shape index (κ2) is 6.37. The van der Waals surface area contributed by atoms with Crippen LogP contribution in [0.1, 0.15) is 10.4 Å². The van der Waals surface area contributed by atoms with Crippen molar-refractivity contribution in [2.24, 2.45) is 0 Å². The number of carboxylic acids is 1. The molecule has 0 atom stereocenters. The first-order chi connectivity index (χ1) is 11.5. The summed E-state index contributed by atoms with van der Waals surface area (Å²) >= 11 is 6.21. The van der Waals surface area contributed by atoms with Gasteiger partial charge in [-0.05, 0) is 30.3 Å². The van der Waals surface area contributed by atoms with Crippen LogP contribution >= 0.6 is 11.6 Å². The first kappa shape index (κ1) is 16.1. The predicted molar refractivity (Wildman–Crippen MR) is 92.3 cm³/mol. The van der Waals surface area contributed by atoms with E-state index in [9.17, 15) is 9.90 Å². The fourth-order valence-electron chi connectivity index (χ4n) is 2.54. The first-order valence-corrected chi connectivity index (χ1v) is 7.48. The maximum absolute atomic E-state index is 11.7. The van der Waals surface area contributed by atoms with Crippen molar-refractivity contribution >= 4 is 28.5 Å². The molecule has 1 aromatic heterocycles. The number of ether oxygens (including phenoxy) is 2. The van der Waals surface area contributed by atoms with Crippen molar-refractivity contribution in [3.63, 3.8) is 0 Å². The highest BCUT2D eigenvalue weighted by Gasteiger charge is 2.17. The van der Waals surface area contributed by atoms with Crippen LogP contribution in [0.25, 0.3) is 22.2 Å². The Bertz CT molecular complexity index is 940. The van der Waals surface area contributed by atoms with Gasteiger partial charge in [-0.25, -0.2) is 9.78 Å². The molecule has 0 fully saturated rings. The maximum Gasteiger partial charge on any atom is 0.336 e. The summed E-state index contributed by atoms with van der Waals surface area (Å²) in [6, 6.07) is 11.8. The number of fused-ring (bicyclic) bond motifs is 1. The van der Waals surface area contributed by atoms with E-state index in [4.69, 9.17) is 21.1 Å². The van der Waals surface area contributed by atoms with Crippen molar-refractivity contribution in [3.8, 4) is 22.8 Å². The number of nitrogens with zero attached hydrogens (tertiary/aromatic N) is 1. The Balaban J connectivity index is 2.35. The molecule has 0 unspecified atom stereocenters. The number of carbonyl (C=O) groups is 1. The van der Waals surface area contributed by atoms with E-state index in [0.29, 0.717) is 38.7 Å². The van der Waals surface area contributed by atoms with E-state index >= 15 is 0 Å². The second-order valence-electron chi connectivity index (χ2n) is 5.06. The van der Waals surface area contributed by atoms with Crippen molar-refractivity contribution in [1.29, 1.82) is 0 Å². The Morgan fingerprint density at radius 2 is 1.92 bits per heavy atom. The number of para-hydroxylation sites is 1. The molecule has 3 aromatic rings. The van der Waals surface area contributed by atoms with Gasteiger partial charge in [0.15, 0.2) is 0 Å². The molecule has 0 spiro atoms. The summed E-state index contributed by atoms with van der Waals surface area (Å²) in [5.41, 5.74) is 1.63. The number of carboxylic acid groups (broad SMARTS) is 1. The predicted octanol–water partition coefficient (Wildman–Crippen LogP) is 4.27. The van der Waals surface area contributed by atoms with E-state index in [1.54, 1.807) is 43.5 Å². The lowest BCUT2D eigenvalue weighted by atomic mass is 10.0. The highest BCUT2D eigenvalue weighted by molar-refractivity contribution is 6.35. The molecule has 1 heterocycles. The molecule has 5 nitrogen and oxygen atoms in total. The minimum Gasteiger partial charge on any atom is -0.497 e. The zero-order valence-corrected chi connectivity index (χ0v) is 13.8. The Morgan fingerprint density at radius 1 is 1.12 bits per heavy atom. The molecule has 1 N–H and O–H groups in total. The smallest absolute Gasteiger partial charge is 0.336 e. The Labute approximate surface area is 143 Å². The third-order valence-corrected chi connectivity index (χ3v) is 4.01. The molecule has 6 heteroatoms. The molecule has 2 aromatic carbocycles. The molecule has 122 valence electrons. The van der Waals surface area contributed by atoms with Gasteiger partial charge in [-0.1, -0.05) is 23.7 Å². The minimum absolute atomic E-state index is 0.127. The number of benzene rings is 2. The molecule has 0 saturated carbocycles. The number of pyridine rings is 1. The molecule has 3 rings (SSSR count). The lowest BCUT2D eigenvalue weighted by Gasteiger charge is -2.12. The maximum atomic E-state index is 11.7. The van der Waals surface area contributed by atoms with Crippen molar-refractivity contribution in [2.75, 3.05) is 14.2 Å². The average molecular weight is 344 g/mol. The summed E-state index contributed by atoms with van der Waals surface area (Å²) in [5.74, 6) is 0.127. The van der Waals surface area contributed by atoms with Gasteiger partial charge in [0.25, 0.3) is 0 Å². The van der Waals surface area contributed by atoms with Gasteiger partial charge in [0.1, 0.15) is 11.5 Å². The third kappa shape index (κ3) is 2.74. The fraction of sp³-hybridized carbons (Fsp3) is 0.111. The Kier molecular flexibility index (Phi) is 4.27. The number of halogens is 1. The van der Waals surface area contributed by atoms with Gasteiger partial charge in [0.2, 0.25) is 0 Å². The van der Waals surface area contributed by atoms with E-state index in [0.717, 1.165) is 0 Å². The van der Waals surface area contributed by atoms with Gasteiger partial charge in [0.05, 0.1) is 36.0 Å². The van der Waals surface area contributed by atoms with E-state index in [1.165, 1.54) is 13.2 Å². The molecular weight excluding hydrogens is 330 g/mol. The summed E-state index contributed by atoms with van der Waals surface area (Å²) in [7, 11) is 3.09. The van der Waals surface area contributed by atoms with Crippen LogP contribution in [0.2, 0.25) is 5.02 Å². The summed E-state index contributed by atoms with van der Waals surface area (Å²) in [6.45, 7) is 0. The van der Waals surface area contributed by atoms with Gasteiger partial charge in [-0.2, -0.15) is 0 Å². The summed E-state index contributed by atoms with van der Waals surface area (Å²) in [4.78, 5) is 16.2. The first-order valence-electron chi connectivity index (χ1n) is 7.10. The highest BCUT2D eigenvalue weighted by Crippen LogP contribution is 2.35. The summed E-state index contributed by atoms with van der Waals surface area (Å²) in [6.07, 6.45) is 0. The van der Waals surface area contributed by atoms with Crippen molar-refractivity contribution < 1.29 is 19.4 Å². The summed E-state index contributed by atoms with van der Waals surface area (Å²) in [5, 5.41) is 10.4. The molecule has 0 bridgehead atoms. The van der Waals surface area contributed by atoms with Crippen LogP contribution in [0.4, 0.5) is 0 Å². The zero-order chi connectivity index (χ0) is 17.3. The third-order valence-electron chi connectivity index (χ3n) is 3.70. The lowest BCUT2D eigenvalue weighted by Crippen LogP contribution is -2.01. The number of aromatic nitrogens is 1. The molecule has 0 aliphatic rings. The quantitative estimate of drug-likeness (QED) is 0.766. The number of rotatable bonds is 4. The van der Waals surface area contributed by atoms with Crippen LogP contribution in [-0.2, 0) is 0 Å². The van der Waals surface area contributed by atoms with Crippen LogP contribution in [0.15, 0.2) is 42.5 Å². The SMILES string of the molecule is COc1ccc(OC)c(-c2cc(C(=O)O)c3cccc(Cl)c3n2)c1. The minimum atomic E-state index is -1.05. The van der Waals surface area contributed by atoms with Crippen molar-refractivity contribution in [2.45, 2.75) is 0 Å². The monoisotopic (exact) mass is 343 g/mol. The average Bonchev–Trinajstić information content (AvgIpc) is 2.60. The van der Waals surface area contributed by atoms with E-state index in [1.807, 2.05) is 0 Å². The van der Waals surface area contributed by atoms with E-state index < -0.39 is 5.97 Å². The van der Waals surface area contributed by atoms with Gasteiger partial charge in [0, 0.05) is 10.9 Å². The van der Waals surface area contributed by atoms with Crippen molar-refractivity contribution in [3.05, 3.63) is 53.1 Å². The van der Waals surface area contributed by atoms with Gasteiger partial charge in [-0.15, -0.1) is 0 Å². The normalized spacial score (nSPS) is 10.6. The largest absolute Gasteiger partial charge is 0.497 e. The summed E-state index contributed by atoms with van der Waals surface area (Å²) < 4.78 is 10.6. The zero-order valence-electron chi connectivity index (χ0n) is 13.0. The number of aromatic carboxylic acids is 1. The molecular formula is C18H14ClNO4.